The Hall–Kier alpha value is -2.68. The molecule has 3 aromatic rings. The van der Waals surface area contributed by atoms with Crippen LogP contribution >= 0.6 is 11.3 Å². The molecule has 0 saturated carbocycles. The van der Waals surface area contributed by atoms with E-state index >= 15 is 0 Å². The number of benzene rings is 1. The highest BCUT2D eigenvalue weighted by Crippen LogP contribution is 2.34. The van der Waals surface area contributed by atoms with E-state index in [9.17, 15) is 18.0 Å². The van der Waals surface area contributed by atoms with Gasteiger partial charge in [-0.2, -0.15) is 18.2 Å². The molecule has 1 aromatic carbocycles. The molecule has 4 rings (SSSR count). The number of rotatable bonds is 3. The third-order valence-electron chi connectivity index (χ3n) is 4.68. The number of hydrogen-bond acceptors (Lipinski definition) is 5. The summed E-state index contributed by atoms with van der Waals surface area (Å²) in [7, 11) is 0. The first-order valence-electron chi connectivity index (χ1n) is 8.72. The predicted molar refractivity (Wildman–Crippen MR) is 101 cm³/mol. The molecule has 2 aromatic heterocycles. The van der Waals surface area contributed by atoms with Crippen LogP contribution in [-0.2, 0) is 25.7 Å². The number of thiophene rings is 1. The van der Waals surface area contributed by atoms with E-state index in [4.69, 9.17) is 0 Å². The predicted octanol–water partition coefficient (Wildman–Crippen LogP) is 3.64. The van der Waals surface area contributed by atoms with Crippen molar-refractivity contribution in [2.45, 2.75) is 32.6 Å². The van der Waals surface area contributed by atoms with Gasteiger partial charge >= 0.3 is 11.9 Å². The van der Waals surface area contributed by atoms with Gasteiger partial charge in [0.2, 0.25) is 5.95 Å². The van der Waals surface area contributed by atoms with E-state index in [0.717, 1.165) is 12.5 Å². The molecule has 28 heavy (non-hydrogen) atoms. The van der Waals surface area contributed by atoms with Gasteiger partial charge in [0.15, 0.2) is 0 Å². The van der Waals surface area contributed by atoms with Crippen LogP contribution in [0, 0.1) is 6.92 Å². The Labute approximate surface area is 163 Å². The van der Waals surface area contributed by atoms with Crippen LogP contribution in [-0.4, -0.2) is 21.1 Å². The fourth-order valence-electron chi connectivity index (χ4n) is 3.25. The number of nitrogens with zero attached hydrogens (tertiary/aromatic N) is 4. The largest absolute Gasteiger partial charge is 0.425 e. The van der Waals surface area contributed by atoms with Crippen LogP contribution < -0.4 is 10.6 Å². The summed E-state index contributed by atoms with van der Waals surface area (Å²) in [5, 5.41) is 0. The molecular weight excluding hydrogens is 389 g/mol. The van der Waals surface area contributed by atoms with Crippen molar-refractivity contribution in [2.75, 3.05) is 11.4 Å². The smallest absolute Gasteiger partial charge is 0.336 e. The maximum Gasteiger partial charge on any atom is 0.425 e. The van der Waals surface area contributed by atoms with E-state index in [2.05, 4.69) is 35.1 Å². The maximum atomic E-state index is 12.7. The first kappa shape index (κ1) is 18.7. The summed E-state index contributed by atoms with van der Waals surface area (Å²) in [6, 6.07) is 8.69. The molecule has 0 unspecified atom stereocenters. The molecule has 1 aliphatic heterocycles. The van der Waals surface area contributed by atoms with Crippen LogP contribution in [0.1, 0.15) is 26.4 Å². The summed E-state index contributed by atoms with van der Waals surface area (Å²) in [5.74, 6) is 0.342. The van der Waals surface area contributed by atoms with Gasteiger partial charge in [-0.05, 0) is 36.6 Å². The van der Waals surface area contributed by atoms with Gasteiger partial charge in [-0.25, -0.2) is 9.78 Å². The molecule has 0 spiro atoms. The summed E-state index contributed by atoms with van der Waals surface area (Å²) in [6.45, 7) is 3.40. The monoisotopic (exact) mass is 406 g/mol. The van der Waals surface area contributed by atoms with Crippen molar-refractivity contribution >= 4 is 17.3 Å². The number of aryl methyl sites for hydroxylation is 1. The van der Waals surface area contributed by atoms with Crippen molar-refractivity contribution in [3.8, 4) is 0 Å². The zero-order valence-electron chi connectivity index (χ0n) is 15.0. The Morgan fingerprint density at radius 2 is 2.00 bits per heavy atom. The number of halogens is 3. The first-order valence-corrected chi connectivity index (χ1v) is 9.54. The molecule has 146 valence electrons. The quantitative estimate of drug-likeness (QED) is 0.667. The molecule has 0 atom stereocenters. The molecule has 0 N–H and O–H groups in total. The summed E-state index contributed by atoms with van der Waals surface area (Å²) in [5.41, 5.74) is 3.17. The number of anilines is 1. The molecule has 0 aliphatic carbocycles. The van der Waals surface area contributed by atoms with Gasteiger partial charge in [-0.15, -0.1) is 11.3 Å². The molecule has 9 heteroatoms. The van der Waals surface area contributed by atoms with E-state index in [-0.39, 0.29) is 6.54 Å². The zero-order valence-corrected chi connectivity index (χ0v) is 15.8. The summed E-state index contributed by atoms with van der Waals surface area (Å²) >= 11 is 0.618. The van der Waals surface area contributed by atoms with E-state index in [1.807, 2.05) is 4.90 Å². The average Bonchev–Trinajstić information content (AvgIpc) is 3.12. The Kier molecular flexibility index (Phi) is 4.70. The Morgan fingerprint density at radius 3 is 2.71 bits per heavy atom. The summed E-state index contributed by atoms with van der Waals surface area (Å²) < 4.78 is 39.4. The van der Waals surface area contributed by atoms with Crippen molar-refractivity contribution in [3.05, 3.63) is 73.6 Å². The van der Waals surface area contributed by atoms with Crippen LogP contribution in [0.25, 0.3) is 0 Å². The minimum atomic E-state index is -4.38. The molecular formula is C19H17F3N4OS. The lowest BCUT2D eigenvalue weighted by Crippen LogP contribution is -2.35. The third-order valence-corrected chi connectivity index (χ3v) is 5.79. The van der Waals surface area contributed by atoms with Crippen LogP contribution in [0.15, 0.2) is 41.5 Å². The standard InChI is InChI=1S/C19H17F3N4OS/c1-12-2-3-14-9-25(7-6-13(14)8-12)17-23-11-26(18(27)24-17)10-15-4-5-16(28-15)19(20,21)22/h2-5,8,11H,6-7,9-10H2,1H3. The Balaban J connectivity index is 1.51. The molecule has 0 bridgehead atoms. The van der Waals surface area contributed by atoms with Gasteiger partial charge in [-0.3, -0.25) is 4.57 Å². The van der Waals surface area contributed by atoms with Crippen LogP contribution in [0.3, 0.4) is 0 Å². The molecule has 0 fully saturated rings. The molecule has 5 nitrogen and oxygen atoms in total. The minimum absolute atomic E-state index is 0.0158. The van der Waals surface area contributed by atoms with Gasteiger partial charge < -0.3 is 4.90 Å². The number of aromatic nitrogens is 3. The van der Waals surface area contributed by atoms with Crippen LogP contribution in [0.4, 0.5) is 19.1 Å². The second-order valence-corrected chi connectivity index (χ2v) is 7.94. The molecule has 1 aliphatic rings. The fourth-order valence-corrected chi connectivity index (χ4v) is 4.12. The number of alkyl halides is 3. The fraction of sp³-hybridized carbons (Fsp3) is 0.316. The van der Waals surface area contributed by atoms with Crippen molar-refractivity contribution < 1.29 is 13.2 Å². The highest BCUT2D eigenvalue weighted by molar-refractivity contribution is 7.12. The third kappa shape index (κ3) is 3.80. The topological polar surface area (TPSA) is 51.0 Å². The average molecular weight is 406 g/mol. The minimum Gasteiger partial charge on any atom is -0.336 e. The summed E-state index contributed by atoms with van der Waals surface area (Å²) in [6.07, 6.45) is -2.18. The van der Waals surface area contributed by atoms with Gasteiger partial charge in [-0.1, -0.05) is 23.8 Å². The highest BCUT2D eigenvalue weighted by Gasteiger charge is 2.32. The van der Waals surface area contributed by atoms with Gasteiger partial charge in [0.1, 0.15) is 11.2 Å². The molecule has 0 radical (unpaired) electrons. The lowest BCUT2D eigenvalue weighted by molar-refractivity contribution is -0.134. The SMILES string of the molecule is Cc1ccc2c(c1)CCN(c1ncn(Cc3ccc(C(F)(F)F)s3)c(=O)n1)C2. The van der Waals surface area contributed by atoms with Crippen LogP contribution in [0.2, 0.25) is 0 Å². The summed E-state index contributed by atoms with van der Waals surface area (Å²) in [4.78, 5) is 22.3. The van der Waals surface area contributed by atoms with Gasteiger partial charge in [0.05, 0.1) is 6.54 Å². The lowest BCUT2D eigenvalue weighted by atomic mass is 9.98. The van der Waals surface area contributed by atoms with Crippen molar-refractivity contribution in [1.82, 2.24) is 14.5 Å². The second kappa shape index (κ2) is 7.05. The lowest BCUT2D eigenvalue weighted by Gasteiger charge is -2.28. The number of fused-ring (bicyclic) bond motifs is 1. The first-order chi connectivity index (χ1) is 13.3. The van der Waals surface area contributed by atoms with E-state index in [1.54, 1.807) is 0 Å². The molecule has 0 saturated heterocycles. The maximum absolute atomic E-state index is 12.7. The highest BCUT2D eigenvalue weighted by atomic mass is 32.1. The Morgan fingerprint density at radius 1 is 1.18 bits per heavy atom. The van der Waals surface area contributed by atoms with Crippen molar-refractivity contribution in [2.24, 2.45) is 0 Å². The normalized spacial score (nSPS) is 14.2. The van der Waals surface area contributed by atoms with Gasteiger partial charge in [0.25, 0.3) is 0 Å². The van der Waals surface area contributed by atoms with E-state index in [0.29, 0.717) is 35.3 Å². The van der Waals surface area contributed by atoms with E-state index in [1.165, 1.54) is 33.7 Å². The molecule has 0 amide bonds. The van der Waals surface area contributed by atoms with Crippen molar-refractivity contribution in [3.63, 3.8) is 0 Å². The van der Waals surface area contributed by atoms with Crippen molar-refractivity contribution in [1.29, 1.82) is 0 Å². The Bertz CT molecular complexity index is 1070. The molecule has 3 heterocycles. The number of hydrogen-bond donors (Lipinski definition) is 0. The second-order valence-electron chi connectivity index (χ2n) is 6.77. The van der Waals surface area contributed by atoms with Gasteiger partial charge in [0, 0.05) is 18.0 Å². The zero-order chi connectivity index (χ0) is 19.9. The van der Waals surface area contributed by atoms with Crippen LogP contribution in [0.5, 0.6) is 0 Å². The van der Waals surface area contributed by atoms with E-state index < -0.39 is 16.7 Å².